The van der Waals surface area contributed by atoms with Gasteiger partial charge in [0.1, 0.15) is 12.2 Å². The number of methoxy groups -OCH3 is 1. The molecule has 100 valence electrons. The highest BCUT2D eigenvalue weighted by molar-refractivity contribution is 5.02. The quantitative estimate of drug-likeness (QED) is 0.889. The summed E-state index contributed by atoms with van der Waals surface area (Å²) in [6, 6.07) is 0.909. The summed E-state index contributed by atoms with van der Waals surface area (Å²) in [7, 11) is 1.78. The van der Waals surface area contributed by atoms with Crippen LogP contribution < -0.4 is 5.32 Å². The van der Waals surface area contributed by atoms with Crippen LogP contribution in [-0.4, -0.2) is 34.5 Å². The Bertz CT molecular complexity index is 386. The molecule has 2 aliphatic rings. The van der Waals surface area contributed by atoms with Crippen molar-refractivity contribution in [3.05, 3.63) is 12.2 Å². The zero-order valence-electron chi connectivity index (χ0n) is 11.0. The number of nitrogens with zero attached hydrogens (tertiary/aromatic N) is 3. The lowest BCUT2D eigenvalue weighted by molar-refractivity contribution is 0.117. The van der Waals surface area contributed by atoms with E-state index in [1.54, 1.807) is 7.11 Å². The third-order valence-electron chi connectivity index (χ3n) is 4.30. The van der Waals surface area contributed by atoms with Crippen LogP contribution in [0.15, 0.2) is 6.33 Å². The van der Waals surface area contributed by atoms with Gasteiger partial charge in [0, 0.05) is 19.7 Å². The summed E-state index contributed by atoms with van der Waals surface area (Å²) in [4.78, 5) is 0. The molecule has 5 nitrogen and oxygen atoms in total. The van der Waals surface area contributed by atoms with E-state index >= 15 is 0 Å². The molecule has 3 rings (SSSR count). The van der Waals surface area contributed by atoms with Crippen molar-refractivity contribution in [2.75, 3.05) is 13.7 Å². The maximum absolute atomic E-state index is 5.40. The number of nitrogens with one attached hydrogen (secondary N) is 1. The average Bonchev–Trinajstić information content (AvgIpc) is 3.08. The molecular weight excluding hydrogens is 228 g/mol. The molecule has 1 N–H and O–H groups in total. The number of rotatable bonds is 3. The first-order valence-electron chi connectivity index (χ1n) is 7.04. The van der Waals surface area contributed by atoms with E-state index in [0.717, 1.165) is 18.8 Å². The van der Waals surface area contributed by atoms with Gasteiger partial charge in [0.05, 0.1) is 12.1 Å². The molecule has 1 aliphatic heterocycles. The van der Waals surface area contributed by atoms with Crippen LogP contribution in [0.5, 0.6) is 0 Å². The molecule has 1 aliphatic carbocycles. The molecule has 1 aromatic heterocycles. The van der Waals surface area contributed by atoms with Crippen LogP contribution in [0.25, 0.3) is 0 Å². The van der Waals surface area contributed by atoms with Gasteiger partial charge in [-0.2, -0.15) is 0 Å². The van der Waals surface area contributed by atoms with E-state index in [1.165, 1.54) is 32.1 Å². The molecule has 5 heteroatoms. The molecule has 2 unspecified atom stereocenters. The van der Waals surface area contributed by atoms with Gasteiger partial charge in [0.25, 0.3) is 0 Å². The smallest absolute Gasteiger partial charge is 0.150 e. The highest BCUT2D eigenvalue weighted by Gasteiger charge is 2.30. The van der Waals surface area contributed by atoms with Crippen LogP contribution >= 0.6 is 0 Å². The number of aromatic nitrogens is 3. The average molecular weight is 250 g/mol. The van der Waals surface area contributed by atoms with Crippen molar-refractivity contribution >= 4 is 0 Å². The molecule has 2 fully saturated rings. The second-order valence-electron chi connectivity index (χ2n) is 5.44. The van der Waals surface area contributed by atoms with Crippen LogP contribution in [0.4, 0.5) is 0 Å². The first kappa shape index (κ1) is 12.1. The fourth-order valence-corrected chi connectivity index (χ4v) is 3.22. The molecule has 0 radical (unpaired) electrons. The van der Waals surface area contributed by atoms with E-state index in [2.05, 4.69) is 20.1 Å². The molecule has 0 spiro atoms. The number of ether oxygens (including phenoxy) is 1. The van der Waals surface area contributed by atoms with Crippen molar-refractivity contribution in [2.24, 2.45) is 0 Å². The maximum Gasteiger partial charge on any atom is 0.150 e. The molecule has 1 saturated heterocycles. The van der Waals surface area contributed by atoms with Crippen molar-refractivity contribution in [3.8, 4) is 0 Å². The molecule has 0 aromatic carbocycles. The highest BCUT2D eigenvalue weighted by atomic mass is 16.5. The zero-order valence-corrected chi connectivity index (χ0v) is 11.0. The van der Waals surface area contributed by atoms with Crippen molar-refractivity contribution in [2.45, 2.75) is 56.7 Å². The van der Waals surface area contributed by atoms with Gasteiger partial charge in [0.2, 0.25) is 0 Å². The van der Waals surface area contributed by atoms with E-state index in [1.807, 2.05) is 6.33 Å². The van der Waals surface area contributed by atoms with Gasteiger partial charge in [0.15, 0.2) is 0 Å². The number of hydrogen-bond acceptors (Lipinski definition) is 4. The summed E-state index contributed by atoms with van der Waals surface area (Å²) in [5.41, 5.74) is 0. The summed E-state index contributed by atoms with van der Waals surface area (Å²) in [6.45, 7) is 0.915. The molecule has 2 atom stereocenters. The summed E-state index contributed by atoms with van der Waals surface area (Å²) in [5, 5.41) is 12.0. The lowest BCUT2D eigenvalue weighted by atomic mass is 9.95. The minimum atomic E-state index is 0.305. The second kappa shape index (κ2) is 5.36. The van der Waals surface area contributed by atoms with Crippen molar-refractivity contribution in [3.63, 3.8) is 0 Å². The van der Waals surface area contributed by atoms with Crippen LogP contribution in [0, 0.1) is 0 Å². The van der Waals surface area contributed by atoms with E-state index in [-0.39, 0.29) is 0 Å². The highest BCUT2D eigenvalue weighted by Crippen LogP contribution is 2.31. The van der Waals surface area contributed by atoms with E-state index < -0.39 is 0 Å². The zero-order chi connectivity index (χ0) is 12.4. The first-order chi connectivity index (χ1) is 8.88. The van der Waals surface area contributed by atoms with Crippen LogP contribution in [0.3, 0.4) is 0 Å². The Morgan fingerprint density at radius 2 is 2.17 bits per heavy atom. The summed E-state index contributed by atoms with van der Waals surface area (Å²) in [5.74, 6) is 1.10. The van der Waals surface area contributed by atoms with Crippen LogP contribution in [0.1, 0.15) is 56.4 Å². The van der Waals surface area contributed by atoms with Crippen molar-refractivity contribution in [1.29, 1.82) is 0 Å². The van der Waals surface area contributed by atoms with Gasteiger partial charge >= 0.3 is 0 Å². The van der Waals surface area contributed by atoms with Crippen molar-refractivity contribution < 1.29 is 4.74 Å². The minimum absolute atomic E-state index is 0.305. The summed E-state index contributed by atoms with van der Waals surface area (Å²) < 4.78 is 7.71. The lowest BCUT2D eigenvalue weighted by Gasteiger charge is -2.25. The third kappa shape index (κ3) is 2.29. The molecule has 0 bridgehead atoms. The molecule has 2 heterocycles. The predicted molar refractivity (Wildman–Crippen MR) is 68.3 cm³/mol. The van der Waals surface area contributed by atoms with E-state index in [4.69, 9.17) is 4.74 Å². The summed E-state index contributed by atoms with van der Waals surface area (Å²) in [6.07, 6.45) is 9.81. The second-order valence-corrected chi connectivity index (χ2v) is 5.44. The molecule has 0 amide bonds. The predicted octanol–water partition coefficient (Wildman–Crippen LogP) is 1.83. The van der Waals surface area contributed by atoms with E-state index in [0.29, 0.717) is 18.2 Å². The minimum Gasteiger partial charge on any atom is -0.380 e. The Morgan fingerprint density at radius 3 is 2.89 bits per heavy atom. The maximum atomic E-state index is 5.40. The topological polar surface area (TPSA) is 52.0 Å². The van der Waals surface area contributed by atoms with Gasteiger partial charge in [-0.3, -0.25) is 0 Å². The van der Waals surface area contributed by atoms with E-state index in [9.17, 15) is 0 Å². The van der Waals surface area contributed by atoms with Crippen LogP contribution in [0.2, 0.25) is 0 Å². The Morgan fingerprint density at radius 1 is 1.33 bits per heavy atom. The largest absolute Gasteiger partial charge is 0.380 e. The molecule has 18 heavy (non-hydrogen) atoms. The Balaban J connectivity index is 1.74. The lowest BCUT2D eigenvalue weighted by Crippen LogP contribution is -2.22. The number of hydrogen-bond donors (Lipinski definition) is 1. The Kier molecular flexibility index (Phi) is 3.61. The Hall–Kier alpha value is -0.940. The van der Waals surface area contributed by atoms with Gasteiger partial charge in [-0.05, 0) is 19.3 Å². The fraction of sp³-hybridized carbons (Fsp3) is 0.846. The third-order valence-corrected chi connectivity index (χ3v) is 4.30. The molecule has 1 saturated carbocycles. The fourth-order valence-electron chi connectivity index (χ4n) is 3.22. The monoisotopic (exact) mass is 250 g/mol. The normalized spacial score (nSPS) is 29.8. The summed E-state index contributed by atoms with van der Waals surface area (Å²) >= 11 is 0. The standard InChI is InChI=1S/C13H22N4O/c1-18-11-7-12(14-8-11)13-16-15-9-17(13)10-5-3-2-4-6-10/h9-12,14H,2-8H2,1H3. The Labute approximate surface area is 108 Å². The molecule has 1 aromatic rings. The SMILES string of the molecule is COC1CNC(c2nncn2C2CCCCC2)C1. The molecular formula is C13H22N4O. The van der Waals surface area contributed by atoms with Gasteiger partial charge in [-0.1, -0.05) is 19.3 Å². The van der Waals surface area contributed by atoms with Gasteiger partial charge in [-0.15, -0.1) is 10.2 Å². The van der Waals surface area contributed by atoms with Crippen LogP contribution in [-0.2, 0) is 4.74 Å². The van der Waals surface area contributed by atoms with Crippen molar-refractivity contribution in [1.82, 2.24) is 20.1 Å². The van der Waals surface area contributed by atoms with Gasteiger partial charge < -0.3 is 14.6 Å². The van der Waals surface area contributed by atoms with Gasteiger partial charge in [-0.25, -0.2) is 0 Å². The first-order valence-corrected chi connectivity index (χ1v) is 7.04.